The second-order valence-corrected chi connectivity index (χ2v) is 14.7. The third-order valence-corrected chi connectivity index (χ3v) is 12.3. The first kappa shape index (κ1) is 25.6. The van der Waals surface area contributed by atoms with E-state index in [4.69, 9.17) is 19.6 Å². The van der Waals surface area contributed by atoms with E-state index < -0.39 is 14.1 Å². The van der Waals surface area contributed by atoms with E-state index in [-0.39, 0.29) is 33.6 Å². The van der Waals surface area contributed by atoms with Crippen LogP contribution in [0.15, 0.2) is 60.7 Å². The molecule has 0 unspecified atom stereocenters. The van der Waals surface area contributed by atoms with Crippen molar-refractivity contribution in [3.8, 4) is 0 Å². The third kappa shape index (κ3) is 4.52. The van der Waals surface area contributed by atoms with Crippen LogP contribution >= 0.6 is 0 Å². The van der Waals surface area contributed by atoms with E-state index in [2.05, 4.69) is 88.4 Å². The van der Waals surface area contributed by atoms with E-state index in [9.17, 15) is 0 Å². The maximum absolute atomic E-state index is 7.47. The normalized spacial score (nSPS) is 25.5. The third-order valence-electron chi connectivity index (χ3n) is 7.25. The summed E-state index contributed by atoms with van der Waals surface area (Å²) in [5.41, 5.74) is 6.20. The molecule has 176 valence electrons. The Kier molecular flexibility index (Phi) is 7.78. The van der Waals surface area contributed by atoms with Gasteiger partial charge in [-0.05, 0) is 21.8 Å². The summed E-state index contributed by atoms with van der Waals surface area (Å²) < 4.78 is 19.6. The van der Waals surface area contributed by atoms with E-state index in [1.54, 1.807) is 0 Å². The van der Waals surface area contributed by atoms with Gasteiger partial charge in [0, 0.05) is 41.9 Å². The summed E-state index contributed by atoms with van der Waals surface area (Å²) in [6.45, 7) is 11.1. The minimum atomic E-state index is -2.63. The van der Waals surface area contributed by atoms with Gasteiger partial charge in [-0.1, -0.05) is 88.4 Å². The Bertz CT molecular complexity index is 828. The van der Waals surface area contributed by atoms with Crippen LogP contribution in [-0.2, 0) is 31.0 Å². The molecule has 1 aliphatic heterocycles. The van der Waals surface area contributed by atoms with Crippen molar-refractivity contribution in [2.45, 2.75) is 63.9 Å². The molecule has 2 aromatic rings. The second kappa shape index (κ2) is 9.71. The van der Waals surface area contributed by atoms with Gasteiger partial charge in [0.15, 0.2) is 5.79 Å². The standard InChI is InChI=1S/C26H37NO3Si.Fe/c1-24(2,3)31(21-11-7-5-8-12-21,22-13-9-6-10-14-22)30-23-15-16-26(28-17-18-29-26)19-25(23,4)20-27;/h5-14,23H,15-20,27H2,1-4H3;/t23-,25+;/m1./s1. The molecule has 1 saturated carbocycles. The first-order chi connectivity index (χ1) is 14.7. The van der Waals surface area contributed by atoms with E-state index >= 15 is 0 Å². The number of rotatable bonds is 5. The number of benzene rings is 2. The summed E-state index contributed by atoms with van der Waals surface area (Å²) in [4.78, 5) is 0. The van der Waals surface area contributed by atoms with Crippen LogP contribution in [0.3, 0.4) is 0 Å². The van der Waals surface area contributed by atoms with Crippen molar-refractivity contribution >= 4 is 18.7 Å². The quantitative estimate of drug-likeness (QED) is 0.641. The van der Waals surface area contributed by atoms with Crippen molar-refractivity contribution in [2.75, 3.05) is 19.8 Å². The molecule has 2 aliphatic rings. The zero-order valence-corrected chi connectivity index (χ0v) is 21.9. The Hall–Kier alpha value is -0.984. The van der Waals surface area contributed by atoms with Crippen LogP contribution in [0.4, 0.5) is 0 Å². The summed E-state index contributed by atoms with van der Waals surface area (Å²) in [5, 5.41) is 2.56. The minimum Gasteiger partial charge on any atom is -0.404 e. The number of nitrogens with two attached hydrogens (primary N) is 1. The van der Waals surface area contributed by atoms with Crippen LogP contribution in [0, 0.1) is 5.41 Å². The molecular weight excluding hydrogens is 458 g/mol. The number of hydrogen-bond acceptors (Lipinski definition) is 4. The van der Waals surface area contributed by atoms with E-state index in [1.165, 1.54) is 10.4 Å². The van der Waals surface area contributed by atoms with Gasteiger partial charge in [0.25, 0.3) is 8.32 Å². The fourth-order valence-corrected chi connectivity index (χ4v) is 10.4. The molecule has 6 heteroatoms. The van der Waals surface area contributed by atoms with Crippen molar-refractivity contribution in [1.82, 2.24) is 0 Å². The Morgan fingerprint density at radius 3 is 1.91 bits per heavy atom. The van der Waals surface area contributed by atoms with E-state index in [0.29, 0.717) is 19.8 Å². The molecule has 1 saturated heterocycles. The molecule has 4 rings (SSSR count). The van der Waals surface area contributed by atoms with Gasteiger partial charge in [-0.15, -0.1) is 0 Å². The van der Waals surface area contributed by atoms with Crippen molar-refractivity contribution in [2.24, 2.45) is 11.1 Å². The van der Waals surface area contributed by atoms with Gasteiger partial charge < -0.3 is 19.6 Å². The van der Waals surface area contributed by atoms with E-state index in [0.717, 1.165) is 19.3 Å². The Morgan fingerprint density at radius 2 is 1.47 bits per heavy atom. The molecule has 0 radical (unpaired) electrons. The van der Waals surface area contributed by atoms with Crippen molar-refractivity contribution in [3.05, 3.63) is 60.7 Å². The zero-order chi connectivity index (χ0) is 22.2. The van der Waals surface area contributed by atoms with Crippen molar-refractivity contribution in [3.63, 3.8) is 0 Å². The monoisotopic (exact) mass is 495 g/mol. The van der Waals surface area contributed by atoms with Gasteiger partial charge in [0.2, 0.25) is 0 Å². The predicted molar refractivity (Wildman–Crippen MR) is 128 cm³/mol. The first-order valence-corrected chi connectivity index (χ1v) is 13.4. The SMILES string of the molecule is CC(C)(C)[Si](O[C@@H]1CCC2(C[C@@]1(C)CN)OCCO2)(c1ccccc1)c1ccccc1.[Fe]. The van der Waals surface area contributed by atoms with Crippen molar-refractivity contribution < 1.29 is 31.0 Å². The Labute approximate surface area is 204 Å². The van der Waals surface area contributed by atoms with Gasteiger partial charge in [-0.3, -0.25) is 0 Å². The fraction of sp³-hybridized carbons (Fsp3) is 0.538. The topological polar surface area (TPSA) is 53.7 Å². The number of hydrogen-bond donors (Lipinski definition) is 1. The Morgan fingerprint density at radius 1 is 0.969 bits per heavy atom. The van der Waals surface area contributed by atoms with Gasteiger partial charge in [0.05, 0.1) is 19.3 Å². The summed E-state index contributed by atoms with van der Waals surface area (Å²) in [6.07, 6.45) is 2.56. The first-order valence-electron chi connectivity index (χ1n) is 11.5. The van der Waals surface area contributed by atoms with E-state index in [1.807, 2.05) is 0 Å². The maximum Gasteiger partial charge on any atom is 0.261 e. The van der Waals surface area contributed by atoms with Gasteiger partial charge >= 0.3 is 0 Å². The fourth-order valence-electron chi connectivity index (χ4n) is 5.57. The molecule has 0 aromatic heterocycles. The largest absolute Gasteiger partial charge is 0.404 e. The van der Waals surface area contributed by atoms with Gasteiger partial charge in [-0.2, -0.15) is 0 Å². The maximum atomic E-state index is 7.47. The molecule has 0 amide bonds. The Balaban J connectivity index is 0.00000289. The van der Waals surface area contributed by atoms with Crippen molar-refractivity contribution in [1.29, 1.82) is 0 Å². The van der Waals surface area contributed by atoms with Crippen LogP contribution in [0.2, 0.25) is 5.04 Å². The minimum absolute atomic E-state index is 0. The molecule has 2 N–H and O–H groups in total. The number of ether oxygens (including phenoxy) is 2. The molecule has 1 aliphatic carbocycles. The molecule has 2 aromatic carbocycles. The molecular formula is C26H37FeNO3Si. The summed E-state index contributed by atoms with van der Waals surface area (Å²) in [7, 11) is -2.63. The molecule has 2 fully saturated rings. The van der Waals surface area contributed by atoms with Crippen LogP contribution in [-0.4, -0.2) is 40.0 Å². The van der Waals surface area contributed by atoms with Gasteiger partial charge in [0.1, 0.15) is 0 Å². The molecule has 4 nitrogen and oxygen atoms in total. The van der Waals surface area contributed by atoms with Crippen LogP contribution in [0.25, 0.3) is 0 Å². The summed E-state index contributed by atoms with van der Waals surface area (Å²) >= 11 is 0. The summed E-state index contributed by atoms with van der Waals surface area (Å²) in [5.74, 6) is -0.487. The average Bonchev–Trinajstić information content (AvgIpc) is 3.21. The zero-order valence-electron chi connectivity index (χ0n) is 19.7. The smallest absolute Gasteiger partial charge is 0.261 e. The van der Waals surface area contributed by atoms with Crippen LogP contribution in [0.5, 0.6) is 0 Å². The summed E-state index contributed by atoms with van der Waals surface area (Å²) in [6, 6.07) is 21.7. The molecule has 0 bridgehead atoms. The second-order valence-electron chi connectivity index (χ2n) is 10.5. The molecule has 1 spiro atoms. The molecule has 32 heavy (non-hydrogen) atoms. The average molecular weight is 496 g/mol. The molecule has 2 atom stereocenters. The van der Waals surface area contributed by atoms with Gasteiger partial charge in [-0.25, -0.2) is 0 Å². The van der Waals surface area contributed by atoms with Crippen LogP contribution < -0.4 is 16.1 Å². The predicted octanol–water partition coefficient (Wildman–Crippen LogP) is 3.82. The van der Waals surface area contributed by atoms with Crippen LogP contribution in [0.1, 0.15) is 47.0 Å². The molecule has 1 heterocycles.